The minimum absolute atomic E-state index is 0.0269. The van der Waals surface area contributed by atoms with Gasteiger partial charge in [0.2, 0.25) is 0 Å². The average molecular weight is 186 g/mol. The highest BCUT2D eigenvalue weighted by Gasteiger charge is 2.41. The van der Waals surface area contributed by atoms with E-state index in [1.165, 1.54) is 0 Å². The molecule has 1 saturated carbocycles. The standard InChI is InChI=1S/C10H18O3/c1-3-5-12-9-7-8(11)10(9)13-6-4-2/h9-10H,3-7H2,1-2H3. The van der Waals surface area contributed by atoms with Crippen LogP contribution in [0, 0.1) is 0 Å². The molecule has 13 heavy (non-hydrogen) atoms. The van der Waals surface area contributed by atoms with Crippen LogP contribution in [0.15, 0.2) is 0 Å². The van der Waals surface area contributed by atoms with Crippen LogP contribution in [0.3, 0.4) is 0 Å². The first-order valence-corrected chi connectivity index (χ1v) is 5.05. The zero-order chi connectivity index (χ0) is 9.68. The first-order valence-electron chi connectivity index (χ1n) is 5.05. The molecular formula is C10H18O3. The number of ketones is 1. The fourth-order valence-corrected chi connectivity index (χ4v) is 1.33. The van der Waals surface area contributed by atoms with E-state index in [0.29, 0.717) is 13.0 Å². The molecule has 3 heteroatoms. The molecule has 0 aromatic carbocycles. The lowest BCUT2D eigenvalue weighted by molar-refractivity contribution is -0.165. The fraction of sp³-hybridized carbons (Fsp3) is 0.900. The Hall–Kier alpha value is -0.410. The minimum atomic E-state index is -0.272. The van der Waals surface area contributed by atoms with Crippen molar-refractivity contribution in [2.45, 2.75) is 45.3 Å². The molecule has 1 aliphatic carbocycles. The van der Waals surface area contributed by atoms with Gasteiger partial charge in [-0.1, -0.05) is 13.8 Å². The third-order valence-corrected chi connectivity index (χ3v) is 2.09. The Labute approximate surface area is 79.4 Å². The van der Waals surface area contributed by atoms with Crippen molar-refractivity contribution in [2.75, 3.05) is 13.2 Å². The van der Waals surface area contributed by atoms with E-state index < -0.39 is 0 Å². The van der Waals surface area contributed by atoms with Gasteiger partial charge in [-0.05, 0) is 12.8 Å². The van der Waals surface area contributed by atoms with Crippen LogP contribution in [0.5, 0.6) is 0 Å². The summed E-state index contributed by atoms with van der Waals surface area (Å²) in [5, 5.41) is 0. The molecule has 0 bridgehead atoms. The minimum Gasteiger partial charge on any atom is -0.375 e. The van der Waals surface area contributed by atoms with Crippen molar-refractivity contribution in [2.24, 2.45) is 0 Å². The van der Waals surface area contributed by atoms with E-state index in [0.717, 1.165) is 19.4 Å². The van der Waals surface area contributed by atoms with E-state index in [9.17, 15) is 4.79 Å². The Bertz CT molecular complexity index is 168. The Morgan fingerprint density at radius 3 is 2.38 bits per heavy atom. The predicted molar refractivity (Wildman–Crippen MR) is 49.7 cm³/mol. The second-order valence-corrected chi connectivity index (χ2v) is 3.37. The molecule has 0 aliphatic heterocycles. The maximum absolute atomic E-state index is 11.1. The van der Waals surface area contributed by atoms with Crippen molar-refractivity contribution in [3.05, 3.63) is 0 Å². The van der Waals surface area contributed by atoms with E-state index in [2.05, 4.69) is 6.92 Å². The molecule has 1 aliphatic rings. The molecular weight excluding hydrogens is 168 g/mol. The summed E-state index contributed by atoms with van der Waals surface area (Å²) >= 11 is 0. The Kier molecular flexibility index (Phi) is 4.39. The zero-order valence-corrected chi connectivity index (χ0v) is 8.41. The number of rotatable bonds is 6. The largest absolute Gasteiger partial charge is 0.375 e. The van der Waals surface area contributed by atoms with E-state index in [1.54, 1.807) is 0 Å². The molecule has 2 atom stereocenters. The van der Waals surface area contributed by atoms with Crippen LogP contribution in [0.4, 0.5) is 0 Å². The van der Waals surface area contributed by atoms with Gasteiger partial charge in [-0.2, -0.15) is 0 Å². The first kappa shape index (κ1) is 10.7. The third-order valence-electron chi connectivity index (χ3n) is 2.09. The van der Waals surface area contributed by atoms with E-state index in [-0.39, 0.29) is 18.0 Å². The molecule has 0 radical (unpaired) electrons. The predicted octanol–water partition coefficient (Wildman–Crippen LogP) is 1.55. The van der Waals surface area contributed by atoms with Crippen molar-refractivity contribution in [1.29, 1.82) is 0 Å². The third kappa shape index (κ3) is 2.78. The Morgan fingerprint density at radius 2 is 1.85 bits per heavy atom. The van der Waals surface area contributed by atoms with E-state index in [4.69, 9.17) is 9.47 Å². The van der Waals surface area contributed by atoms with Crippen molar-refractivity contribution in [3.63, 3.8) is 0 Å². The molecule has 0 aromatic rings. The molecule has 76 valence electrons. The molecule has 0 aromatic heterocycles. The van der Waals surface area contributed by atoms with Gasteiger partial charge in [0, 0.05) is 19.6 Å². The van der Waals surface area contributed by atoms with Crippen molar-refractivity contribution < 1.29 is 14.3 Å². The highest BCUT2D eigenvalue weighted by Crippen LogP contribution is 2.23. The summed E-state index contributed by atoms with van der Waals surface area (Å²) < 4.78 is 10.8. The molecule has 0 saturated heterocycles. The van der Waals surface area contributed by atoms with E-state index in [1.807, 2.05) is 6.92 Å². The van der Waals surface area contributed by atoms with Crippen molar-refractivity contribution in [1.82, 2.24) is 0 Å². The summed E-state index contributed by atoms with van der Waals surface area (Å²) in [6.45, 7) is 5.47. The summed E-state index contributed by atoms with van der Waals surface area (Å²) in [7, 11) is 0. The van der Waals surface area contributed by atoms with Gasteiger partial charge in [0.25, 0.3) is 0 Å². The average Bonchev–Trinajstić information content (AvgIpc) is 2.12. The lowest BCUT2D eigenvalue weighted by Gasteiger charge is -2.34. The number of carbonyl (C=O) groups is 1. The monoisotopic (exact) mass is 186 g/mol. The number of carbonyl (C=O) groups excluding carboxylic acids is 1. The van der Waals surface area contributed by atoms with Gasteiger partial charge in [0.15, 0.2) is 5.78 Å². The van der Waals surface area contributed by atoms with Gasteiger partial charge in [0.05, 0.1) is 6.10 Å². The van der Waals surface area contributed by atoms with Gasteiger partial charge in [-0.25, -0.2) is 0 Å². The highest BCUT2D eigenvalue weighted by molar-refractivity contribution is 5.90. The van der Waals surface area contributed by atoms with Crippen LogP contribution in [0.2, 0.25) is 0 Å². The summed E-state index contributed by atoms with van der Waals surface area (Å²) in [6, 6.07) is 0. The number of hydrogen-bond donors (Lipinski definition) is 0. The molecule has 3 nitrogen and oxygen atoms in total. The highest BCUT2D eigenvalue weighted by atomic mass is 16.5. The molecule has 0 amide bonds. The summed E-state index contributed by atoms with van der Waals surface area (Å²) in [5.74, 6) is 0.189. The lowest BCUT2D eigenvalue weighted by atomic mass is 9.90. The quantitative estimate of drug-likeness (QED) is 0.631. The fourth-order valence-electron chi connectivity index (χ4n) is 1.33. The molecule has 0 spiro atoms. The van der Waals surface area contributed by atoms with Crippen LogP contribution >= 0.6 is 0 Å². The normalized spacial score (nSPS) is 27.4. The maximum atomic E-state index is 11.1. The molecule has 1 fully saturated rings. The van der Waals surface area contributed by atoms with Gasteiger partial charge >= 0.3 is 0 Å². The Morgan fingerprint density at radius 1 is 1.23 bits per heavy atom. The molecule has 0 heterocycles. The van der Waals surface area contributed by atoms with Gasteiger partial charge in [-0.15, -0.1) is 0 Å². The summed E-state index contributed by atoms with van der Waals surface area (Å²) in [4.78, 5) is 11.1. The first-order chi connectivity index (χ1) is 6.29. The maximum Gasteiger partial charge on any atom is 0.166 e. The molecule has 0 N–H and O–H groups in total. The SMILES string of the molecule is CCCOC1CC(=O)C1OCCC. The van der Waals surface area contributed by atoms with Gasteiger partial charge in [0.1, 0.15) is 6.10 Å². The smallest absolute Gasteiger partial charge is 0.166 e. The van der Waals surface area contributed by atoms with E-state index >= 15 is 0 Å². The number of ether oxygens (including phenoxy) is 2. The second kappa shape index (κ2) is 5.35. The van der Waals surface area contributed by atoms with Crippen LogP contribution < -0.4 is 0 Å². The number of hydrogen-bond acceptors (Lipinski definition) is 3. The van der Waals surface area contributed by atoms with Crippen molar-refractivity contribution >= 4 is 5.78 Å². The van der Waals surface area contributed by atoms with Crippen LogP contribution in [0.25, 0.3) is 0 Å². The molecule has 2 unspecified atom stereocenters. The van der Waals surface area contributed by atoms with Gasteiger partial charge in [-0.3, -0.25) is 4.79 Å². The van der Waals surface area contributed by atoms with Crippen LogP contribution in [-0.4, -0.2) is 31.2 Å². The summed E-state index contributed by atoms with van der Waals surface area (Å²) in [5.41, 5.74) is 0. The second-order valence-electron chi connectivity index (χ2n) is 3.37. The molecule has 1 rings (SSSR count). The van der Waals surface area contributed by atoms with Crippen LogP contribution in [-0.2, 0) is 14.3 Å². The van der Waals surface area contributed by atoms with Crippen molar-refractivity contribution in [3.8, 4) is 0 Å². The lowest BCUT2D eigenvalue weighted by Crippen LogP contribution is -2.50. The zero-order valence-electron chi connectivity index (χ0n) is 8.41. The van der Waals surface area contributed by atoms with Crippen LogP contribution in [0.1, 0.15) is 33.1 Å². The van der Waals surface area contributed by atoms with Gasteiger partial charge < -0.3 is 9.47 Å². The number of Topliss-reactive ketones (excluding diaryl/α,β-unsaturated/α-hetero) is 1. The topological polar surface area (TPSA) is 35.5 Å². The Balaban J connectivity index is 2.20. The summed E-state index contributed by atoms with van der Waals surface area (Å²) in [6.07, 6.45) is 2.23.